The molecule has 12 nitrogen and oxygen atoms in total. The van der Waals surface area contributed by atoms with Crippen molar-refractivity contribution in [1.29, 1.82) is 0 Å². The minimum atomic E-state index is -0.687. The lowest BCUT2D eigenvalue weighted by molar-refractivity contribution is 0.0872. The lowest BCUT2D eigenvalue weighted by Crippen LogP contribution is -2.44. The molecule has 7 aromatic rings. The molecule has 0 radical (unpaired) electrons. The van der Waals surface area contributed by atoms with E-state index in [2.05, 4.69) is 0 Å². The highest BCUT2D eigenvalue weighted by Crippen LogP contribution is 2.42. The lowest BCUT2D eigenvalue weighted by atomic mass is 9.85. The van der Waals surface area contributed by atoms with Gasteiger partial charge >= 0.3 is 0 Å². The standard InChI is InChI=1S/C46H22N4O8/c51-39-27-15-19-31-37-32(20-16-28(35(27)37)40(52)47(39)23-7-3-1-4-8-23)44(56)49(43(31)55)25-11-13-26(14-12-25)50-45(57)33-21-17-29-36-30(18-22-34(38(33)36)46(50)58)42(54)48(41(29)53)24-9-5-2-6-10-24/h1-22H. The third kappa shape index (κ3) is 4.17. The molecular formula is C46H22N4O8. The molecule has 0 fully saturated rings. The van der Waals surface area contributed by atoms with Gasteiger partial charge in [0, 0.05) is 66.1 Å². The number of amides is 8. The Kier molecular flexibility index (Phi) is 6.58. The zero-order valence-electron chi connectivity index (χ0n) is 29.8. The Morgan fingerprint density at radius 3 is 0.569 bits per heavy atom. The molecular weight excluding hydrogens is 737 g/mol. The molecule has 0 saturated carbocycles. The van der Waals surface area contributed by atoms with Crippen molar-refractivity contribution in [2.45, 2.75) is 0 Å². The Morgan fingerprint density at radius 1 is 0.207 bits per heavy atom. The van der Waals surface area contributed by atoms with Crippen LogP contribution in [0.25, 0.3) is 21.5 Å². The first kappa shape index (κ1) is 33.0. The van der Waals surface area contributed by atoms with Crippen molar-refractivity contribution in [3.63, 3.8) is 0 Å². The van der Waals surface area contributed by atoms with E-state index in [1.165, 1.54) is 72.8 Å². The van der Waals surface area contributed by atoms with Gasteiger partial charge in [-0.3, -0.25) is 38.4 Å². The molecule has 12 heteroatoms. The van der Waals surface area contributed by atoms with E-state index < -0.39 is 47.3 Å². The highest BCUT2D eigenvalue weighted by molar-refractivity contribution is 6.44. The smallest absolute Gasteiger partial charge is 0.265 e. The highest BCUT2D eigenvalue weighted by atomic mass is 16.2. The zero-order valence-corrected chi connectivity index (χ0v) is 29.8. The van der Waals surface area contributed by atoms with E-state index in [9.17, 15) is 38.4 Å². The average Bonchev–Trinajstić information content (AvgIpc) is 3.24. The summed E-state index contributed by atoms with van der Waals surface area (Å²) in [6.07, 6.45) is 0. The van der Waals surface area contributed by atoms with Crippen LogP contribution >= 0.6 is 0 Å². The molecule has 274 valence electrons. The molecule has 0 bridgehead atoms. The number of nitrogens with zero attached hydrogens (tertiary/aromatic N) is 4. The topological polar surface area (TPSA) is 150 Å². The van der Waals surface area contributed by atoms with Gasteiger partial charge in [0.2, 0.25) is 0 Å². The van der Waals surface area contributed by atoms with Crippen LogP contribution in [0.4, 0.5) is 22.7 Å². The predicted molar refractivity (Wildman–Crippen MR) is 212 cm³/mol. The van der Waals surface area contributed by atoms with E-state index >= 15 is 0 Å². The number of para-hydroxylation sites is 2. The van der Waals surface area contributed by atoms with Crippen LogP contribution in [-0.4, -0.2) is 47.3 Å². The number of carbonyl (C=O) groups excluding carboxylic acids is 8. The maximum Gasteiger partial charge on any atom is 0.265 e. The summed E-state index contributed by atoms with van der Waals surface area (Å²) >= 11 is 0. The van der Waals surface area contributed by atoms with Gasteiger partial charge in [-0.05, 0) is 97.1 Å². The minimum absolute atomic E-state index is 0.120. The largest absolute Gasteiger partial charge is 0.268 e. The first-order chi connectivity index (χ1) is 28.2. The normalized spacial score (nSPS) is 15.7. The van der Waals surface area contributed by atoms with Crippen molar-refractivity contribution in [3.8, 4) is 0 Å². The summed E-state index contributed by atoms with van der Waals surface area (Å²) in [4.78, 5) is 115. The zero-order chi connectivity index (χ0) is 39.7. The fourth-order valence-electron chi connectivity index (χ4n) is 8.59. The van der Waals surface area contributed by atoms with Gasteiger partial charge in [0.15, 0.2) is 0 Å². The first-order valence-corrected chi connectivity index (χ1v) is 18.1. The van der Waals surface area contributed by atoms with Crippen LogP contribution < -0.4 is 19.6 Å². The molecule has 4 aliphatic rings. The first-order valence-electron chi connectivity index (χ1n) is 18.1. The van der Waals surface area contributed by atoms with Crippen molar-refractivity contribution in [1.82, 2.24) is 0 Å². The quantitative estimate of drug-likeness (QED) is 0.171. The summed E-state index contributed by atoms with van der Waals surface area (Å²) in [5.41, 5.74) is 2.29. The highest BCUT2D eigenvalue weighted by Gasteiger charge is 2.43. The van der Waals surface area contributed by atoms with Gasteiger partial charge in [-0.1, -0.05) is 36.4 Å². The Morgan fingerprint density at radius 2 is 0.379 bits per heavy atom. The van der Waals surface area contributed by atoms with Crippen molar-refractivity contribution in [3.05, 3.63) is 178 Å². The third-order valence-corrected chi connectivity index (χ3v) is 11.2. The summed E-state index contributed by atoms with van der Waals surface area (Å²) in [5.74, 6) is -5.06. The molecule has 4 aliphatic heterocycles. The van der Waals surface area contributed by atoms with Crippen LogP contribution in [0.2, 0.25) is 0 Å². The summed E-state index contributed by atoms with van der Waals surface area (Å²) in [6.45, 7) is 0. The number of rotatable bonds is 4. The van der Waals surface area contributed by atoms with Gasteiger partial charge in [-0.25, -0.2) is 19.6 Å². The van der Waals surface area contributed by atoms with E-state index in [0.717, 1.165) is 19.6 Å². The van der Waals surface area contributed by atoms with Gasteiger partial charge in [0.25, 0.3) is 47.3 Å². The van der Waals surface area contributed by atoms with E-state index in [4.69, 9.17) is 0 Å². The van der Waals surface area contributed by atoms with Gasteiger partial charge in [0.05, 0.1) is 22.7 Å². The average molecular weight is 759 g/mol. The number of hydrogen-bond donors (Lipinski definition) is 0. The third-order valence-electron chi connectivity index (χ3n) is 11.2. The Labute approximate surface area is 326 Å². The molecule has 0 spiro atoms. The number of hydrogen-bond acceptors (Lipinski definition) is 8. The van der Waals surface area contributed by atoms with E-state index in [-0.39, 0.29) is 77.4 Å². The molecule has 0 unspecified atom stereocenters. The molecule has 0 aliphatic carbocycles. The lowest BCUT2D eigenvalue weighted by Gasteiger charge is -2.32. The molecule has 8 amide bonds. The van der Waals surface area contributed by atoms with E-state index in [0.29, 0.717) is 11.4 Å². The molecule has 4 heterocycles. The Balaban J connectivity index is 0.931. The maximum atomic E-state index is 14.1. The summed E-state index contributed by atoms with van der Waals surface area (Å²) in [7, 11) is 0. The second-order valence-corrected chi connectivity index (χ2v) is 14.1. The predicted octanol–water partition coefficient (Wildman–Crippen LogP) is 7.20. The van der Waals surface area contributed by atoms with Crippen LogP contribution in [0.15, 0.2) is 133 Å². The molecule has 11 rings (SSSR count). The Bertz CT molecular complexity index is 2820. The number of imide groups is 4. The second kappa shape index (κ2) is 11.6. The maximum absolute atomic E-state index is 14.1. The van der Waals surface area contributed by atoms with E-state index in [1.807, 2.05) is 0 Å². The van der Waals surface area contributed by atoms with E-state index in [1.54, 1.807) is 60.7 Å². The van der Waals surface area contributed by atoms with Gasteiger partial charge in [-0.2, -0.15) is 0 Å². The van der Waals surface area contributed by atoms with Gasteiger partial charge in [-0.15, -0.1) is 0 Å². The van der Waals surface area contributed by atoms with Crippen LogP contribution in [0.5, 0.6) is 0 Å². The van der Waals surface area contributed by atoms with Crippen molar-refractivity contribution in [2.75, 3.05) is 19.6 Å². The second-order valence-electron chi connectivity index (χ2n) is 14.1. The molecule has 58 heavy (non-hydrogen) atoms. The summed E-state index contributed by atoms with van der Waals surface area (Å²) < 4.78 is 0. The molecule has 7 aromatic carbocycles. The van der Waals surface area contributed by atoms with Gasteiger partial charge < -0.3 is 0 Å². The summed E-state index contributed by atoms with van der Waals surface area (Å²) in [5, 5.41) is 0.899. The van der Waals surface area contributed by atoms with Crippen LogP contribution in [0.3, 0.4) is 0 Å². The van der Waals surface area contributed by atoms with Crippen molar-refractivity contribution in [2.24, 2.45) is 0 Å². The van der Waals surface area contributed by atoms with Crippen LogP contribution in [0, 0.1) is 0 Å². The monoisotopic (exact) mass is 758 g/mol. The molecule has 0 saturated heterocycles. The van der Waals surface area contributed by atoms with Crippen LogP contribution in [-0.2, 0) is 0 Å². The molecule has 0 aromatic heterocycles. The van der Waals surface area contributed by atoms with Crippen molar-refractivity contribution >= 4 is 91.6 Å². The van der Waals surface area contributed by atoms with Crippen molar-refractivity contribution < 1.29 is 38.4 Å². The fraction of sp³-hybridized carbons (Fsp3) is 0. The number of anilines is 4. The van der Waals surface area contributed by atoms with Crippen LogP contribution in [0.1, 0.15) is 82.9 Å². The molecule has 0 N–H and O–H groups in total. The number of benzene rings is 7. The molecule has 0 atom stereocenters. The fourth-order valence-corrected chi connectivity index (χ4v) is 8.59. The number of carbonyl (C=O) groups is 8. The SMILES string of the molecule is O=C1c2ccc3c4c(ccc(c24)C(=O)N1c1ccccc1)C(=O)N(c1ccc(N2C(=O)c4ccc5c6c(ccc(c46)C2=O)C(=O)N(c2ccccc2)C5=O)cc1)C3=O. The Hall–Kier alpha value is -8.38. The minimum Gasteiger partial charge on any atom is -0.268 e. The van der Waals surface area contributed by atoms with Gasteiger partial charge in [0.1, 0.15) is 0 Å². The summed E-state index contributed by atoms with van der Waals surface area (Å²) in [6, 6.07) is 34.5.